The van der Waals surface area contributed by atoms with E-state index in [0.717, 1.165) is 11.3 Å². The maximum absolute atomic E-state index is 11.3. The maximum atomic E-state index is 11.3. The standard InChI is InChI=1S/C14H13Cl2N3O2/c1-8-6-13(17-14(21)9(2)20)18-19(8)7-10-11(15)4-3-5-12(10)16/h3-6H,7H2,1-2H3,(H,17,18,21). The van der Waals surface area contributed by atoms with E-state index in [4.69, 9.17) is 23.2 Å². The minimum absolute atomic E-state index is 0.316. The molecule has 1 heterocycles. The summed E-state index contributed by atoms with van der Waals surface area (Å²) in [5.41, 5.74) is 1.56. The summed E-state index contributed by atoms with van der Waals surface area (Å²) in [6, 6.07) is 6.94. The first kappa shape index (κ1) is 15.5. The molecule has 2 rings (SSSR count). The quantitative estimate of drug-likeness (QED) is 0.878. The average molecular weight is 326 g/mol. The molecule has 0 saturated heterocycles. The zero-order valence-corrected chi connectivity index (χ0v) is 13.0. The van der Waals surface area contributed by atoms with Crippen LogP contribution in [0.25, 0.3) is 0 Å². The molecule has 2 aromatic rings. The lowest BCUT2D eigenvalue weighted by Gasteiger charge is -2.08. The largest absolute Gasteiger partial charge is 0.303 e. The summed E-state index contributed by atoms with van der Waals surface area (Å²) in [7, 11) is 0. The Morgan fingerprint density at radius 3 is 2.48 bits per heavy atom. The monoisotopic (exact) mass is 325 g/mol. The Bertz CT molecular complexity index is 690. The minimum Gasteiger partial charge on any atom is -0.303 e. The van der Waals surface area contributed by atoms with Crippen molar-refractivity contribution < 1.29 is 9.59 Å². The molecule has 0 atom stereocenters. The zero-order chi connectivity index (χ0) is 15.6. The number of anilines is 1. The number of halogens is 2. The Hall–Kier alpha value is -1.85. The number of Topliss-reactive ketones (excluding diaryl/α,β-unsaturated/α-hetero) is 1. The molecule has 7 heteroatoms. The fraction of sp³-hybridized carbons (Fsp3) is 0.214. The fourth-order valence-corrected chi connectivity index (χ4v) is 2.29. The van der Waals surface area contributed by atoms with E-state index in [1.54, 1.807) is 28.9 Å². The third kappa shape index (κ3) is 3.62. The summed E-state index contributed by atoms with van der Waals surface area (Å²) in [6.07, 6.45) is 0. The Morgan fingerprint density at radius 2 is 1.90 bits per heavy atom. The van der Waals surface area contributed by atoms with Crippen LogP contribution in [-0.4, -0.2) is 21.5 Å². The van der Waals surface area contributed by atoms with Gasteiger partial charge in [0, 0.05) is 34.3 Å². The molecule has 0 unspecified atom stereocenters. The van der Waals surface area contributed by atoms with Gasteiger partial charge in [0.2, 0.25) is 5.78 Å². The van der Waals surface area contributed by atoms with Gasteiger partial charge in [-0.15, -0.1) is 0 Å². The van der Waals surface area contributed by atoms with Crippen LogP contribution in [0.4, 0.5) is 5.82 Å². The molecule has 0 saturated carbocycles. The van der Waals surface area contributed by atoms with Crippen LogP contribution in [0.1, 0.15) is 18.2 Å². The van der Waals surface area contributed by atoms with Crippen molar-refractivity contribution in [1.82, 2.24) is 9.78 Å². The van der Waals surface area contributed by atoms with Gasteiger partial charge < -0.3 is 5.32 Å². The highest BCUT2D eigenvalue weighted by atomic mass is 35.5. The van der Waals surface area contributed by atoms with Crippen LogP contribution in [-0.2, 0) is 16.1 Å². The normalized spacial score (nSPS) is 10.5. The van der Waals surface area contributed by atoms with Gasteiger partial charge in [-0.05, 0) is 19.1 Å². The van der Waals surface area contributed by atoms with Crippen LogP contribution < -0.4 is 5.32 Å². The summed E-state index contributed by atoms with van der Waals surface area (Å²) < 4.78 is 1.66. The van der Waals surface area contributed by atoms with E-state index in [1.807, 2.05) is 6.92 Å². The molecule has 1 aromatic heterocycles. The molecule has 0 fully saturated rings. The molecule has 1 N–H and O–H groups in total. The molecule has 5 nitrogen and oxygen atoms in total. The molecule has 0 aliphatic carbocycles. The number of amides is 1. The Labute approximate surface area is 131 Å². The Kier molecular flexibility index (Phi) is 4.65. The second-order valence-corrected chi connectivity index (χ2v) is 5.35. The first-order valence-electron chi connectivity index (χ1n) is 6.17. The molecule has 0 radical (unpaired) electrons. The summed E-state index contributed by atoms with van der Waals surface area (Å²) in [5.74, 6) is -0.956. The number of hydrogen-bond acceptors (Lipinski definition) is 3. The third-order valence-corrected chi connectivity index (χ3v) is 3.62. The van der Waals surface area contributed by atoms with Crippen LogP contribution in [0.2, 0.25) is 10.0 Å². The van der Waals surface area contributed by atoms with E-state index in [-0.39, 0.29) is 0 Å². The number of aromatic nitrogens is 2. The van der Waals surface area contributed by atoms with Crippen molar-refractivity contribution in [3.8, 4) is 0 Å². The number of aryl methyl sites for hydroxylation is 1. The molecule has 1 aromatic carbocycles. The number of benzene rings is 1. The number of carbonyl (C=O) groups excluding carboxylic acids is 2. The van der Waals surface area contributed by atoms with Crippen molar-refractivity contribution in [3.63, 3.8) is 0 Å². The minimum atomic E-state index is -0.699. The Morgan fingerprint density at radius 1 is 1.29 bits per heavy atom. The fourth-order valence-electron chi connectivity index (χ4n) is 1.77. The summed E-state index contributed by atoms with van der Waals surface area (Å²) >= 11 is 12.2. The van der Waals surface area contributed by atoms with Gasteiger partial charge >= 0.3 is 0 Å². The summed E-state index contributed by atoms with van der Waals surface area (Å²) in [6.45, 7) is 3.41. The summed E-state index contributed by atoms with van der Waals surface area (Å²) in [4.78, 5) is 22.3. The lowest BCUT2D eigenvalue weighted by atomic mass is 10.2. The Balaban J connectivity index is 2.24. The number of carbonyl (C=O) groups is 2. The van der Waals surface area contributed by atoms with Crippen molar-refractivity contribution in [3.05, 3.63) is 45.6 Å². The number of rotatable bonds is 4. The van der Waals surface area contributed by atoms with Gasteiger partial charge in [-0.2, -0.15) is 5.10 Å². The highest BCUT2D eigenvalue weighted by Gasteiger charge is 2.13. The average Bonchev–Trinajstić information content (AvgIpc) is 2.74. The number of hydrogen-bond donors (Lipinski definition) is 1. The van der Waals surface area contributed by atoms with Gasteiger partial charge in [-0.3, -0.25) is 14.3 Å². The second kappa shape index (κ2) is 6.28. The highest BCUT2D eigenvalue weighted by Crippen LogP contribution is 2.25. The van der Waals surface area contributed by atoms with Gasteiger partial charge in [0.25, 0.3) is 5.91 Å². The van der Waals surface area contributed by atoms with Crippen LogP contribution in [0.5, 0.6) is 0 Å². The lowest BCUT2D eigenvalue weighted by Crippen LogP contribution is -2.20. The molecule has 1 amide bonds. The molecule has 0 aliphatic heterocycles. The zero-order valence-electron chi connectivity index (χ0n) is 11.5. The molecule has 110 valence electrons. The summed E-state index contributed by atoms with van der Waals surface area (Å²) in [5, 5.41) is 7.75. The maximum Gasteiger partial charge on any atom is 0.292 e. The number of nitrogens with zero attached hydrogens (tertiary/aromatic N) is 2. The second-order valence-electron chi connectivity index (χ2n) is 4.54. The van der Waals surface area contributed by atoms with E-state index in [1.165, 1.54) is 6.92 Å². The highest BCUT2D eigenvalue weighted by molar-refractivity contribution is 6.39. The van der Waals surface area contributed by atoms with Crippen molar-refractivity contribution >= 4 is 40.7 Å². The number of ketones is 1. The molecule has 0 spiro atoms. The van der Waals surface area contributed by atoms with Gasteiger partial charge in [0.05, 0.1) is 6.54 Å². The molecular weight excluding hydrogens is 313 g/mol. The number of nitrogens with one attached hydrogen (secondary N) is 1. The van der Waals surface area contributed by atoms with Crippen molar-refractivity contribution in [2.75, 3.05) is 5.32 Å². The van der Waals surface area contributed by atoms with Crippen LogP contribution in [0, 0.1) is 6.92 Å². The van der Waals surface area contributed by atoms with E-state index < -0.39 is 11.7 Å². The predicted molar refractivity (Wildman–Crippen MR) is 81.8 cm³/mol. The smallest absolute Gasteiger partial charge is 0.292 e. The van der Waals surface area contributed by atoms with Crippen LogP contribution >= 0.6 is 23.2 Å². The molecule has 0 aliphatic rings. The van der Waals surface area contributed by atoms with Gasteiger partial charge in [-0.1, -0.05) is 29.3 Å². The van der Waals surface area contributed by atoms with E-state index in [9.17, 15) is 9.59 Å². The molecular formula is C14H13Cl2N3O2. The van der Waals surface area contributed by atoms with Crippen LogP contribution in [0.3, 0.4) is 0 Å². The first-order chi connectivity index (χ1) is 9.88. The van der Waals surface area contributed by atoms with Crippen molar-refractivity contribution in [1.29, 1.82) is 0 Å². The predicted octanol–water partition coefficient (Wildman–Crippen LogP) is 3.07. The van der Waals surface area contributed by atoms with Crippen LogP contribution in [0.15, 0.2) is 24.3 Å². The molecule has 21 heavy (non-hydrogen) atoms. The lowest BCUT2D eigenvalue weighted by molar-refractivity contribution is -0.133. The topological polar surface area (TPSA) is 64.0 Å². The van der Waals surface area contributed by atoms with Gasteiger partial charge in [0.1, 0.15) is 0 Å². The van der Waals surface area contributed by atoms with Gasteiger partial charge in [-0.25, -0.2) is 0 Å². The van der Waals surface area contributed by atoms with Crippen molar-refractivity contribution in [2.24, 2.45) is 0 Å². The van der Waals surface area contributed by atoms with E-state index in [0.29, 0.717) is 22.4 Å². The van der Waals surface area contributed by atoms with Crippen molar-refractivity contribution in [2.45, 2.75) is 20.4 Å². The third-order valence-electron chi connectivity index (χ3n) is 2.91. The van der Waals surface area contributed by atoms with E-state index >= 15 is 0 Å². The molecule has 0 bridgehead atoms. The van der Waals surface area contributed by atoms with Gasteiger partial charge in [0.15, 0.2) is 5.82 Å². The first-order valence-corrected chi connectivity index (χ1v) is 6.93. The van der Waals surface area contributed by atoms with E-state index in [2.05, 4.69) is 10.4 Å². The SMILES string of the molecule is CC(=O)C(=O)Nc1cc(C)n(Cc2c(Cl)cccc2Cl)n1.